The van der Waals surface area contributed by atoms with Crippen LogP contribution in [0.3, 0.4) is 0 Å². The molecule has 0 aliphatic carbocycles. The number of amides is 1. The fourth-order valence-corrected chi connectivity index (χ4v) is 3.54. The zero-order valence-electron chi connectivity index (χ0n) is 16.5. The highest BCUT2D eigenvalue weighted by molar-refractivity contribution is 5.95. The van der Waals surface area contributed by atoms with E-state index in [9.17, 15) is 4.79 Å². The number of piperazine rings is 1. The molecule has 0 spiro atoms. The van der Waals surface area contributed by atoms with Crippen LogP contribution in [-0.4, -0.2) is 51.2 Å². The third-order valence-electron chi connectivity index (χ3n) is 5.27. The first-order valence-corrected chi connectivity index (χ1v) is 9.57. The summed E-state index contributed by atoms with van der Waals surface area (Å²) in [4.78, 5) is 16.3. The zero-order valence-corrected chi connectivity index (χ0v) is 16.5. The van der Waals surface area contributed by atoms with Gasteiger partial charge < -0.3 is 19.3 Å². The van der Waals surface area contributed by atoms with Crippen LogP contribution in [0.15, 0.2) is 42.5 Å². The average molecular weight is 369 g/mol. The second-order valence-corrected chi connectivity index (χ2v) is 6.96. The molecule has 2 aromatic rings. The zero-order chi connectivity index (χ0) is 19.2. The Morgan fingerprint density at radius 3 is 2.19 bits per heavy atom. The summed E-state index contributed by atoms with van der Waals surface area (Å²) < 4.78 is 10.6. The molecule has 1 N–H and O–H groups in total. The lowest BCUT2D eigenvalue weighted by atomic mass is 10.1. The highest BCUT2D eigenvalue weighted by atomic mass is 16.5. The van der Waals surface area contributed by atoms with Gasteiger partial charge in [0.25, 0.3) is 5.91 Å². The summed E-state index contributed by atoms with van der Waals surface area (Å²) in [7, 11) is 3.18. The number of quaternary nitrogens is 1. The normalized spacial score (nSPS) is 14.9. The molecule has 144 valence electrons. The summed E-state index contributed by atoms with van der Waals surface area (Å²) in [6.07, 6.45) is 1.07. The van der Waals surface area contributed by atoms with Crippen molar-refractivity contribution < 1.29 is 19.2 Å². The third-order valence-corrected chi connectivity index (χ3v) is 5.27. The van der Waals surface area contributed by atoms with E-state index in [4.69, 9.17) is 9.47 Å². The second kappa shape index (κ2) is 8.91. The monoisotopic (exact) mass is 369 g/mol. The summed E-state index contributed by atoms with van der Waals surface area (Å²) in [5.41, 5.74) is 3.38. The van der Waals surface area contributed by atoms with Gasteiger partial charge in [0.15, 0.2) is 11.5 Å². The molecule has 2 aromatic carbocycles. The van der Waals surface area contributed by atoms with E-state index in [0.717, 1.165) is 39.1 Å². The number of aryl methyl sites for hydroxylation is 1. The van der Waals surface area contributed by atoms with Crippen LogP contribution in [0.25, 0.3) is 0 Å². The number of carbonyl (C=O) groups is 1. The van der Waals surface area contributed by atoms with Gasteiger partial charge in [0.1, 0.15) is 6.54 Å². The molecule has 1 saturated heterocycles. The Morgan fingerprint density at radius 2 is 1.59 bits per heavy atom. The molecular formula is C22H29N2O3+. The van der Waals surface area contributed by atoms with Gasteiger partial charge in [0.05, 0.1) is 40.4 Å². The second-order valence-electron chi connectivity index (χ2n) is 6.96. The van der Waals surface area contributed by atoms with Gasteiger partial charge in [-0.3, -0.25) is 4.79 Å². The lowest BCUT2D eigenvalue weighted by Crippen LogP contribution is -3.13. The molecule has 1 aliphatic heterocycles. The lowest BCUT2D eigenvalue weighted by Gasteiger charge is -2.32. The van der Waals surface area contributed by atoms with Gasteiger partial charge in [-0.1, -0.05) is 31.2 Å². The number of benzene rings is 2. The number of rotatable bonds is 6. The Kier molecular flexibility index (Phi) is 6.35. The number of hydrogen-bond donors (Lipinski definition) is 1. The minimum absolute atomic E-state index is 0.0577. The molecule has 0 atom stereocenters. The van der Waals surface area contributed by atoms with Crippen molar-refractivity contribution in [3.05, 3.63) is 59.2 Å². The maximum absolute atomic E-state index is 12.8. The minimum Gasteiger partial charge on any atom is -0.493 e. The predicted molar refractivity (Wildman–Crippen MR) is 106 cm³/mol. The Balaban J connectivity index is 1.57. The number of nitrogens with zero attached hydrogens (tertiary/aromatic N) is 1. The fraction of sp³-hybridized carbons (Fsp3) is 0.409. The first kappa shape index (κ1) is 19.2. The summed E-state index contributed by atoms with van der Waals surface area (Å²) in [6, 6.07) is 14.2. The Morgan fingerprint density at radius 1 is 0.963 bits per heavy atom. The van der Waals surface area contributed by atoms with E-state index in [2.05, 4.69) is 31.2 Å². The minimum atomic E-state index is 0.0577. The molecule has 0 saturated carbocycles. The van der Waals surface area contributed by atoms with Crippen LogP contribution in [0.4, 0.5) is 0 Å². The third kappa shape index (κ3) is 4.61. The molecule has 27 heavy (non-hydrogen) atoms. The van der Waals surface area contributed by atoms with Gasteiger partial charge in [-0.25, -0.2) is 0 Å². The SMILES string of the molecule is CCc1ccc(C[NH+]2CCN(C(=O)c3ccc(OC)c(OC)c3)CC2)cc1. The molecule has 1 amide bonds. The summed E-state index contributed by atoms with van der Waals surface area (Å²) in [5.74, 6) is 1.28. The molecular weight excluding hydrogens is 340 g/mol. The maximum atomic E-state index is 12.8. The molecule has 0 bridgehead atoms. The van der Waals surface area contributed by atoms with Gasteiger partial charge in [-0.05, 0) is 30.2 Å². The molecule has 1 aliphatic rings. The molecule has 0 unspecified atom stereocenters. The smallest absolute Gasteiger partial charge is 0.254 e. The molecule has 0 aromatic heterocycles. The van der Waals surface area contributed by atoms with Gasteiger partial charge in [0, 0.05) is 11.1 Å². The lowest BCUT2D eigenvalue weighted by molar-refractivity contribution is -0.917. The van der Waals surface area contributed by atoms with E-state index in [0.29, 0.717) is 17.1 Å². The van der Waals surface area contributed by atoms with Crippen molar-refractivity contribution in [2.45, 2.75) is 19.9 Å². The van der Waals surface area contributed by atoms with Gasteiger partial charge in [0.2, 0.25) is 0 Å². The average Bonchev–Trinajstić information content (AvgIpc) is 2.73. The summed E-state index contributed by atoms with van der Waals surface area (Å²) in [6.45, 7) is 6.67. The van der Waals surface area contributed by atoms with Crippen molar-refractivity contribution in [2.24, 2.45) is 0 Å². The Bertz CT molecular complexity index is 766. The molecule has 1 heterocycles. The first-order valence-electron chi connectivity index (χ1n) is 9.57. The van der Waals surface area contributed by atoms with E-state index < -0.39 is 0 Å². The molecule has 1 fully saturated rings. The Labute approximate surface area is 161 Å². The number of carbonyl (C=O) groups excluding carboxylic acids is 1. The number of hydrogen-bond acceptors (Lipinski definition) is 3. The van der Waals surface area contributed by atoms with Crippen molar-refractivity contribution in [3.63, 3.8) is 0 Å². The van der Waals surface area contributed by atoms with Crippen LogP contribution >= 0.6 is 0 Å². The summed E-state index contributed by atoms with van der Waals surface area (Å²) in [5, 5.41) is 0. The largest absolute Gasteiger partial charge is 0.493 e. The topological polar surface area (TPSA) is 43.2 Å². The predicted octanol–water partition coefficient (Wildman–Crippen LogP) is 1.81. The standard InChI is InChI=1S/C22H28N2O3/c1-4-17-5-7-18(8-6-17)16-23-11-13-24(14-12-23)22(25)19-9-10-20(26-2)21(15-19)27-3/h5-10,15H,4,11-14,16H2,1-3H3/p+1. The fourth-order valence-electron chi connectivity index (χ4n) is 3.54. The Hall–Kier alpha value is -2.53. The number of ether oxygens (including phenoxy) is 2. The van der Waals surface area contributed by atoms with Gasteiger partial charge >= 0.3 is 0 Å². The van der Waals surface area contributed by atoms with Crippen LogP contribution in [0.1, 0.15) is 28.4 Å². The molecule has 0 radical (unpaired) electrons. The van der Waals surface area contributed by atoms with E-state index in [1.165, 1.54) is 16.0 Å². The van der Waals surface area contributed by atoms with E-state index >= 15 is 0 Å². The van der Waals surface area contributed by atoms with Crippen molar-refractivity contribution in [1.82, 2.24) is 4.90 Å². The van der Waals surface area contributed by atoms with Crippen molar-refractivity contribution in [3.8, 4) is 11.5 Å². The van der Waals surface area contributed by atoms with Gasteiger partial charge in [-0.15, -0.1) is 0 Å². The molecule has 3 rings (SSSR count). The summed E-state index contributed by atoms with van der Waals surface area (Å²) >= 11 is 0. The van der Waals surface area contributed by atoms with Gasteiger partial charge in [-0.2, -0.15) is 0 Å². The van der Waals surface area contributed by atoms with E-state index in [1.54, 1.807) is 32.4 Å². The van der Waals surface area contributed by atoms with Crippen molar-refractivity contribution in [1.29, 1.82) is 0 Å². The van der Waals surface area contributed by atoms with E-state index in [1.807, 2.05) is 4.90 Å². The van der Waals surface area contributed by atoms with Crippen LogP contribution in [0, 0.1) is 0 Å². The van der Waals surface area contributed by atoms with Crippen LogP contribution in [0.2, 0.25) is 0 Å². The van der Waals surface area contributed by atoms with Crippen LogP contribution in [-0.2, 0) is 13.0 Å². The highest BCUT2D eigenvalue weighted by Crippen LogP contribution is 2.28. The number of methoxy groups -OCH3 is 2. The highest BCUT2D eigenvalue weighted by Gasteiger charge is 2.25. The molecule has 5 heteroatoms. The van der Waals surface area contributed by atoms with Crippen LogP contribution in [0.5, 0.6) is 11.5 Å². The first-order chi connectivity index (χ1) is 13.1. The van der Waals surface area contributed by atoms with Crippen molar-refractivity contribution >= 4 is 5.91 Å². The maximum Gasteiger partial charge on any atom is 0.254 e. The van der Waals surface area contributed by atoms with E-state index in [-0.39, 0.29) is 5.91 Å². The molecule has 5 nitrogen and oxygen atoms in total. The van der Waals surface area contributed by atoms with Crippen LogP contribution < -0.4 is 14.4 Å². The van der Waals surface area contributed by atoms with Crippen molar-refractivity contribution in [2.75, 3.05) is 40.4 Å². The quantitative estimate of drug-likeness (QED) is 0.845. The number of nitrogens with one attached hydrogen (secondary N) is 1.